The number of amides is 1. The first kappa shape index (κ1) is 11.3. The molecule has 0 spiro atoms. The molecule has 0 fully saturated rings. The van der Waals surface area contributed by atoms with Crippen molar-refractivity contribution in [3.8, 4) is 0 Å². The summed E-state index contributed by atoms with van der Waals surface area (Å²) < 4.78 is 12.9. The van der Waals surface area contributed by atoms with Crippen molar-refractivity contribution < 1.29 is 9.18 Å². The van der Waals surface area contributed by atoms with Crippen molar-refractivity contribution in [1.82, 2.24) is 5.32 Å². The first-order valence-corrected chi connectivity index (χ1v) is 4.86. The predicted octanol–water partition coefficient (Wildman–Crippen LogP) is 2.45. The maximum absolute atomic E-state index is 12.9. The Hall–Kier alpha value is -0.800. The fourth-order valence-electron chi connectivity index (χ4n) is 0.935. The fraction of sp³-hybridized carbons (Fsp3) is 0.222. The molecule has 1 aromatic rings. The predicted molar refractivity (Wildman–Crippen MR) is 54.5 cm³/mol. The maximum atomic E-state index is 12.9. The molecular weight excluding hydrogens is 228 g/mol. The molecule has 0 unspecified atom stereocenters. The summed E-state index contributed by atoms with van der Waals surface area (Å²) in [5, 5.41) is 2.33. The molecule has 0 aliphatic carbocycles. The summed E-state index contributed by atoms with van der Waals surface area (Å²) in [4.78, 5) is 11.4. The number of carbonyl (C=O) groups is 1. The first-order valence-electron chi connectivity index (χ1n) is 3.95. The molecule has 0 aliphatic rings. The minimum absolute atomic E-state index is 0.122. The zero-order valence-corrected chi connectivity index (χ0v) is 8.70. The lowest BCUT2D eigenvalue weighted by Crippen LogP contribution is -2.25. The van der Waals surface area contributed by atoms with E-state index in [1.165, 1.54) is 18.2 Å². The molecule has 0 heterocycles. The van der Waals surface area contributed by atoms with Gasteiger partial charge >= 0.3 is 0 Å². The quantitative estimate of drug-likeness (QED) is 0.802. The van der Waals surface area contributed by atoms with E-state index in [0.717, 1.165) is 0 Å². The Morgan fingerprint density at radius 2 is 2.21 bits per heavy atom. The summed E-state index contributed by atoms with van der Waals surface area (Å²) in [6.07, 6.45) is 0. The van der Waals surface area contributed by atoms with Gasteiger partial charge < -0.3 is 5.32 Å². The Morgan fingerprint density at radius 3 is 2.86 bits per heavy atom. The van der Waals surface area contributed by atoms with Crippen LogP contribution in [0.4, 0.5) is 4.39 Å². The van der Waals surface area contributed by atoms with Crippen molar-refractivity contribution in [2.45, 2.75) is 0 Å². The molecule has 2 nitrogen and oxygen atoms in total. The van der Waals surface area contributed by atoms with Gasteiger partial charge in [-0.1, -0.05) is 17.7 Å². The highest BCUT2D eigenvalue weighted by molar-refractivity contribution is 6.34. The van der Waals surface area contributed by atoms with Gasteiger partial charge in [0.25, 0.3) is 5.91 Å². The highest BCUT2D eigenvalue weighted by Crippen LogP contribution is 2.19. The summed E-state index contributed by atoms with van der Waals surface area (Å²) in [5.41, 5.74) is 0.122. The third-order valence-electron chi connectivity index (χ3n) is 1.58. The van der Waals surface area contributed by atoms with Crippen LogP contribution in [0.5, 0.6) is 0 Å². The number of hydrogen-bond donors (Lipinski definition) is 1. The summed E-state index contributed by atoms with van der Waals surface area (Å²) in [7, 11) is 0. The number of halogens is 3. The standard InChI is InChI=1S/C9H8Cl2FNO/c10-4-5-13-9(14)6-2-1-3-7(12)8(6)11/h1-3H,4-5H2,(H,13,14). The third-order valence-corrected chi connectivity index (χ3v) is 2.15. The number of hydrogen-bond acceptors (Lipinski definition) is 1. The van der Waals surface area contributed by atoms with Crippen molar-refractivity contribution in [1.29, 1.82) is 0 Å². The van der Waals surface area contributed by atoms with Gasteiger partial charge in [-0.05, 0) is 12.1 Å². The van der Waals surface area contributed by atoms with Gasteiger partial charge in [-0.3, -0.25) is 4.79 Å². The van der Waals surface area contributed by atoms with E-state index in [4.69, 9.17) is 23.2 Å². The molecule has 0 aromatic heterocycles. The van der Waals surface area contributed by atoms with Crippen LogP contribution in [0.3, 0.4) is 0 Å². The van der Waals surface area contributed by atoms with Crippen LogP contribution in [-0.4, -0.2) is 18.3 Å². The monoisotopic (exact) mass is 235 g/mol. The molecule has 0 saturated carbocycles. The smallest absolute Gasteiger partial charge is 0.252 e. The summed E-state index contributed by atoms with van der Waals surface area (Å²) >= 11 is 11.0. The van der Waals surface area contributed by atoms with Crippen LogP contribution in [0, 0.1) is 5.82 Å². The third kappa shape index (κ3) is 2.59. The average Bonchev–Trinajstić information content (AvgIpc) is 2.18. The number of nitrogens with one attached hydrogen (secondary N) is 1. The molecule has 0 aliphatic heterocycles. The topological polar surface area (TPSA) is 29.1 Å². The molecule has 1 amide bonds. The Balaban J connectivity index is 2.84. The minimum Gasteiger partial charge on any atom is -0.351 e. The van der Waals surface area contributed by atoms with Crippen molar-refractivity contribution in [3.05, 3.63) is 34.6 Å². The molecule has 14 heavy (non-hydrogen) atoms. The van der Waals surface area contributed by atoms with E-state index in [2.05, 4.69) is 5.32 Å². The van der Waals surface area contributed by atoms with Crippen LogP contribution >= 0.6 is 23.2 Å². The van der Waals surface area contributed by atoms with Crippen molar-refractivity contribution in [3.63, 3.8) is 0 Å². The summed E-state index contributed by atoms with van der Waals surface area (Å²) in [5.74, 6) is -0.723. The molecule has 76 valence electrons. The van der Waals surface area contributed by atoms with E-state index in [1.54, 1.807) is 0 Å². The number of benzene rings is 1. The zero-order valence-electron chi connectivity index (χ0n) is 7.19. The molecule has 0 saturated heterocycles. The lowest BCUT2D eigenvalue weighted by Gasteiger charge is -2.04. The molecule has 0 radical (unpaired) electrons. The van der Waals surface area contributed by atoms with Crippen molar-refractivity contribution >= 4 is 29.1 Å². The normalized spacial score (nSPS) is 9.93. The number of carbonyl (C=O) groups excluding carboxylic acids is 1. The second-order valence-corrected chi connectivity index (χ2v) is 3.30. The summed E-state index contributed by atoms with van der Waals surface area (Å²) in [6.45, 7) is 0.327. The Bertz CT molecular complexity index is 344. The Kier molecular flexibility index (Phi) is 4.17. The van der Waals surface area contributed by atoms with Crippen LogP contribution in [0.15, 0.2) is 18.2 Å². The van der Waals surface area contributed by atoms with Crippen LogP contribution in [-0.2, 0) is 0 Å². The van der Waals surface area contributed by atoms with E-state index < -0.39 is 11.7 Å². The molecule has 1 aromatic carbocycles. The van der Waals surface area contributed by atoms with Gasteiger partial charge in [-0.2, -0.15) is 0 Å². The van der Waals surface area contributed by atoms with E-state index in [9.17, 15) is 9.18 Å². The van der Waals surface area contributed by atoms with Gasteiger partial charge in [0.05, 0.1) is 10.6 Å². The zero-order chi connectivity index (χ0) is 10.6. The lowest BCUT2D eigenvalue weighted by atomic mass is 10.2. The molecule has 1 N–H and O–H groups in total. The summed E-state index contributed by atoms with van der Waals surface area (Å²) in [6, 6.07) is 4.08. The molecule has 0 bridgehead atoms. The van der Waals surface area contributed by atoms with E-state index in [1.807, 2.05) is 0 Å². The highest BCUT2D eigenvalue weighted by Gasteiger charge is 2.12. The van der Waals surface area contributed by atoms with Crippen molar-refractivity contribution in [2.75, 3.05) is 12.4 Å². The SMILES string of the molecule is O=C(NCCCl)c1cccc(F)c1Cl. The van der Waals surface area contributed by atoms with Crippen LogP contribution < -0.4 is 5.32 Å². The largest absolute Gasteiger partial charge is 0.351 e. The molecule has 1 rings (SSSR count). The number of alkyl halides is 1. The van der Waals surface area contributed by atoms with Gasteiger partial charge in [-0.15, -0.1) is 11.6 Å². The Morgan fingerprint density at radius 1 is 1.50 bits per heavy atom. The van der Waals surface area contributed by atoms with Gasteiger partial charge in [0.2, 0.25) is 0 Å². The van der Waals surface area contributed by atoms with Crippen molar-refractivity contribution in [2.24, 2.45) is 0 Å². The second kappa shape index (κ2) is 5.17. The molecule has 0 atom stereocenters. The lowest BCUT2D eigenvalue weighted by molar-refractivity contribution is 0.0956. The van der Waals surface area contributed by atoms with Crippen LogP contribution in [0.25, 0.3) is 0 Å². The molecule has 5 heteroatoms. The van der Waals surface area contributed by atoms with E-state index in [-0.39, 0.29) is 10.6 Å². The Labute approximate surface area is 91.0 Å². The van der Waals surface area contributed by atoms with Gasteiger partial charge in [0.15, 0.2) is 0 Å². The fourth-order valence-corrected chi connectivity index (χ4v) is 1.24. The second-order valence-electron chi connectivity index (χ2n) is 2.55. The van der Waals surface area contributed by atoms with Gasteiger partial charge in [0.1, 0.15) is 5.82 Å². The highest BCUT2D eigenvalue weighted by atomic mass is 35.5. The minimum atomic E-state index is -0.606. The average molecular weight is 236 g/mol. The van der Waals surface area contributed by atoms with Crippen LogP contribution in [0.1, 0.15) is 10.4 Å². The number of rotatable bonds is 3. The van der Waals surface area contributed by atoms with E-state index in [0.29, 0.717) is 12.4 Å². The van der Waals surface area contributed by atoms with E-state index >= 15 is 0 Å². The first-order chi connectivity index (χ1) is 6.66. The van der Waals surface area contributed by atoms with Gasteiger partial charge in [0, 0.05) is 12.4 Å². The maximum Gasteiger partial charge on any atom is 0.252 e. The molecular formula is C9H8Cl2FNO. The van der Waals surface area contributed by atoms with Crippen LogP contribution in [0.2, 0.25) is 5.02 Å². The van der Waals surface area contributed by atoms with Gasteiger partial charge in [-0.25, -0.2) is 4.39 Å².